The molecule has 1 heterocycles. The van der Waals surface area contributed by atoms with Crippen molar-refractivity contribution in [3.63, 3.8) is 0 Å². The maximum atomic E-state index is 12.7. The van der Waals surface area contributed by atoms with Crippen LogP contribution in [-0.2, 0) is 9.59 Å². The highest BCUT2D eigenvalue weighted by atomic mass is 16.5. The fraction of sp³-hybridized carbons (Fsp3) is 0.440. The quantitative estimate of drug-likeness (QED) is 0.656. The summed E-state index contributed by atoms with van der Waals surface area (Å²) in [6.45, 7) is 2.98. The number of aryl methyl sites for hydroxylation is 1. The Balaban J connectivity index is 1.57. The molecule has 0 aromatic heterocycles. The second-order valence-corrected chi connectivity index (χ2v) is 8.14. The molecule has 1 atom stereocenters. The molecule has 1 fully saturated rings. The number of hydrogen-bond donors (Lipinski definition) is 2. The lowest BCUT2D eigenvalue weighted by atomic mass is 10.0. The van der Waals surface area contributed by atoms with E-state index < -0.39 is 0 Å². The molecular weight excluding hydrogens is 406 g/mol. The van der Waals surface area contributed by atoms with Crippen LogP contribution in [0.2, 0.25) is 0 Å². The highest BCUT2D eigenvalue weighted by molar-refractivity contribution is 5.96. The van der Waals surface area contributed by atoms with Crippen LogP contribution >= 0.6 is 0 Å². The first-order chi connectivity index (χ1) is 15.5. The molecule has 1 saturated heterocycles. The molecule has 2 amide bonds. The predicted molar refractivity (Wildman–Crippen MR) is 125 cm³/mol. The topological polar surface area (TPSA) is 79.9 Å². The number of carbonyl (C=O) groups is 2. The normalized spacial score (nSPS) is 16.7. The van der Waals surface area contributed by atoms with Gasteiger partial charge in [0, 0.05) is 6.04 Å². The molecule has 0 spiro atoms. The standard InChI is InChI=1S/C25H33N3O4/c1-18-8-13-23(32-3)21(15-18)27-24(29)16-26-25(30)17-28-14-6-4-5-7-22(28)19-9-11-20(31-2)12-10-19/h8-13,15,22H,4-7,14,16-17H2,1-3H3,(H,26,30)(H,27,29). The van der Waals surface area contributed by atoms with Crippen LogP contribution in [0.15, 0.2) is 42.5 Å². The Morgan fingerprint density at radius 2 is 1.78 bits per heavy atom. The van der Waals surface area contributed by atoms with Gasteiger partial charge in [0.1, 0.15) is 11.5 Å². The first kappa shape index (κ1) is 23.6. The lowest BCUT2D eigenvalue weighted by Gasteiger charge is -2.29. The second-order valence-electron chi connectivity index (χ2n) is 8.14. The SMILES string of the molecule is COc1ccc(C2CCCCCN2CC(=O)NCC(=O)Nc2cc(C)ccc2OC)cc1. The van der Waals surface area contributed by atoms with Gasteiger partial charge in [0.25, 0.3) is 0 Å². The summed E-state index contributed by atoms with van der Waals surface area (Å²) >= 11 is 0. The van der Waals surface area contributed by atoms with Gasteiger partial charge in [-0.15, -0.1) is 0 Å². The van der Waals surface area contributed by atoms with E-state index >= 15 is 0 Å². The van der Waals surface area contributed by atoms with Crippen molar-refractivity contribution in [2.24, 2.45) is 0 Å². The van der Waals surface area contributed by atoms with Crippen LogP contribution in [0.4, 0.5) is 5.69 Å². The lowest BCUT2D eigenvalue weighted by Crippen LogP contribution is -2.41. The Labute approximate surface area is 190 Å². The van der Waals surface area contributed by atoms with Crippen molar-refractivity contribution in [2.45, 2.75) is 38.6 Å². The number of ether oxygens (including phenoxy) is 2. The molecule has 7 heteroatoms. The van der Waals surface area contributed by atoms with Gasteiger partial charge in [0.2, 0.25) is 11.8 Å². The van der Waals surface area contributed by atoms with Gasteiger partial charge in [-0.1, -0.05) is 31.0 Å². The number of likely N-dealkylation sites (tertiary alicyclic amines) is 1. The smallest absolute Gasteiger partial charge is 0.243 e. The number of anilines is 1. The zero-order valence-corrected chi connectivity index (χ0v) is 19.1. The summed E-state index contributed by atoms with van der Waals surface area (Å²) in [7, 11) is 3.21. The van der Waals surface area contributed by atoms with Crippen molar-refractivity contribution in [1.29, 1.82) is 0 Å². The number of rotatable bonds is 8. The third-order valence-electron chi connectivity index (χ3n) is 5.79. The lowest BCUT2D eigenvalue weighted by molar-refractivity contribution is -0.125. The van der Waals surface area contributed by atoms with Crippen LogP contribution in [0, 0.1) is 6.92 Å². The zero-order valence-electron chi connectivity index (χ0n) is 19.1. The number of nitrogens with one attached hydrogen (secondary N) is 2. The Morgan fingerprint density at radius 3 is 2.50 bits per heavy atom. The summed E-state index contributed by atoms with van der Waals surface area (Å²) < 4.78 is 10.6. The molecule has 3 rings (SSSR count). The number of carbonyl (C=O) groups excluding carboxylic acids is 2. The molecule has 7 nitrogen and oxygen atoms in total. The van der Waals surface area contributed by atoms with E-state index in [-0.39, 0.29) is 30.9 Å². The van der Waals surface area contributed by atoms with Crippen LogP contribution in [0.3, 0.4) is 0 Å². The number of nitrogens with zero attached hydrogens (tertiary/aromatic N) is 1. The summed E-state index contributed by atoms with van der Waals surface area (Å²) in [5, 5.41) is 5.57. The van der Waals surface area contributed by atoms with Crippen LogP contribution in [0.1, 0.15) is 42.9 Å². The van der Waals surface area contributed by atoms with Gasteiger partial charge in [0.15, 0.2) is 0 Å². The third-order valence-corrected chi connectivity index (χ3v) is 5.79. The Hall–Kier alpha value is -3.06. The minimum atomic E-state index is -0.287. The highest BCUT2D eigenvalue weighted by Gasteiger charge is 2.24. The molecule has 1 unspecified atom stereocenters. The highest BCUT2D eigenvalue weighted by Crippen LogP contribution is 2.31. The summed E-state index contributed by atoms with van der Waals surface area (Å²) in [5.74, 6) is 0.965. The predicted octanol–water partition coefficient (Wildman–Crippen LogP) is 3.68. The van der Waals surface area contributed by atoms with Gasteiger partial charge >= 0.3 is 0 Å². The average Bonchev–Trinajstić information content (AvgIpc) is 3.03. The van der Waals surface area contributed by atoms with E-state index in [0.717, 1.165) is 43.5 Å². The minimum absolute atomic E-state index is 0.0863. The van der Waals surface area contributed by atoms with Crippen molar-refractivity contribution in [1.82, 2.24) is 10.2 Å². The third kappa shape index (κ3) is 6.47. The summed E-state index contributed by atoms with van der Waals surface area (Å²) in [4.78, 5) is 27.3. The maximum Gasteiger partial charge on any atom is 0.243 e. The fourth-order valence-electron chi connectivity index (χ4n) is 4.09. The minimum Gasteiger partial charge on any atom is -0.497 e. The van der Waals surface area contributed by atoms with E-state index in [1.54, 1.807) is 14.2 Å². The van der Waals surface area contributed by atoms with Crippen molar-refractivity contribution in [2.75, 3.05) is 39.2 Å². The molecule has 2 aromatic rings. The number of methoxy groups -OCH3 is 2. The molecule has 0 bridgehead atoms. The summed E-state index contributed by atoms with van der Waals surface area (Å²) in [6, 6.07) is 13.8. The molecule has 1 aliphatic heterocycles. The molecule has 32 heavy (non-hydrogen) atoms. The largest absolute Gasteiger partial charge is 0.497 e. The van der Waals surface area contributed by atoms with Gasteiger partial charge in [0.05, 0.1) is 33.0 Å². The molecule has 2 N–H and O–H groups in total. The summed E-state index contributed by atoms with van der Waals surface area (Å²) in [5.41, 5.74) is 2.79. The fourth-order valence-corrected chi connectivity index (χ4v) is 4.09. The van der Waals surface area contributed by atoms with Gasteiger partial charge in [-0.2, -0.15) is 0 Å². The van der Waals surface area contributed by atoms with E-state index in [9.17, 15) is 9.59 Å². The van der Waals surface area contributed by atoms with E-state index in [1.807, 2.05) is 37.3 Å². The van der Waals surface area contributed by atoms with Crippen molar-refractivity contribution < 1.29 is 19.1 Å². The molecule has 0 radical (unpaired) electrons. The van der Waals surface area contributed by atoms with E-state index in [0.29, 0.717) is 11.4 Å². The van der Waals surface area contributed by atoms with E-state index in [2.05, 4.69) is 27.7 Å². The van der Waals surface area contributed by atoms with Crippen LogP contribution < -0.4 is 20.1 Å². The first-order valence-corrected chi connectivity index (χ1v) is 11.1. The van der Waals surface area contributed by atoms with Gasteiger partial charge in [-0.05, 0) is 61.7 Å². The first-order valence-electron chi connectivity index (χ1n) is 11.1. The summed E-state index contributed by atoms with van der Waals surface area (Å²) in [6.07, 6.45) is 4.36. The number of benzene rings is 2. The molecule has 0 saturated carbocycles. The Bertz CT molecular complexity index is 914. The van der Waals surface area contributed by atoms with Crippen LogP contribution in [0.25, 0.3) is 0 Å². The zero-order chi connectivity index (χ0) is 22.9. The Kier molecular flexibility index (Phi) is 8.50. The van der Waals surface area contributed by atoms with Gasteiger partial charge < -0.3 is 20.1 Å². The average molecular weight is 440 g/mol. The molecule has 0 aliphatic carbocycles. The van der Waals surface area contributed by atoms with Gasteiger partial charge in [-0.3, -0.25) is 14.5 Å². The van der Waals surface area contributed by atoms with E-state index in [4.69, 9.17) is 9.47 Å². The van der Waals surface area contributed by atoms with Crippen LogP contribution in [0.5, 0.6) is 11.5 Å². The molecule has 172 valence electrons. The number of hydrogen-bond acceptors (Lipinski definition) is 5. The molecule has 2 aromatic carbocycles. The van der Waals surface area contributed by atoms with Crippen molar-refractivity contribution in [3.05, 3.63) is 53.6 Å². The molecule has 1 aliphatic rings. The Morgan fingerprint density at radius 1 is 1.00 bits per heavy atom. The monoisotopic (exact) mass is 439 g/mol. The second kappa shape index (κ2) is 11.5. The van der Waals surface area contributed by atoms with Crippen molar-refractivity contribution >= 4 is 17.5 Å². The van der Waals surface area contributed by atoms with E-state index in [1.165, 1.54) is 5.56 Å². The maximum absolute atomic E-state index is 12.7. The van der Waals surface area contributed by atoms with Crippen LogP contribution in [-0.4, -0.2) is 50.6 Å². The molecular formula is C25H33N3O4. The van der Waals surface area contributed by atoms with Gasteiger partial charge in [-0.25, -0.2) is 0 Å². The number of amides is 2. The van der Waals surface area contributed by atoms with Crippen molar-refractivity contribution in [3.8, 4) is 11.5 Å².